The zero-order valence-corrected chi connectivity index (χ0v) is 16.1. The second kappa shape index (κ2) is 4.55. The Bertz CT molecular complexity index is 831. The van der Waals surface area contributed by atoms with Crippen molar-refractivity contribution in [2.45, 2.75) is 62.7 Å². The van der Waals surface area contributed by atoms with Crippen LogP contribution in [0.2, 0.25) is 0 Å². The lowest BCUT2D eigenvalue weighted by Crippen LogP contribution is -2.66. The van der Waals surface area contributed by atoms with E-state index in [1.807, 2.05) is 0 Å². The standard InChI is InChI=1S/C26H30O/c27-25(13-5-6-13)26-19-4-2-1-3-18(19)22(20-14-7-9-16(11-14)23(20)26)21-15-8-10-17(12-15)24(21)26/h1-4,13-17,20-24H,5-12H2. The number of hydrogen-bond acceptors (Lipinski definition) is 1. The van der Waals surface area contributed by atoms with Gasteiger partial charge in [0.25, 0.3) is 0 Å². The minimum Gasteiger partial charge on any atom is -0.298 e. The predicted octanol–water partition coefficient (Wildman–Crippen LogP) is 5.34. The quantitative estimate of drug-likeness (QED) is 0.697. The van der Waals surface area contributed by atoms with E-state index in [9.17, 15) is 4.79 Å². The molecule has 0 amide bonds. The summed E-state index contributed by atoms with van der Waals surface area (Å²) >= 11 is 0. The summed E-state index contributed by atoms with van der Waals surface area (Å²) in [5, 5.41) is 0. The molecule has 1 heteroatoms. The second-order valence-electron chi connectivity index (χ2n) is 11.5. The molecule has 0 aliphatic heterocycles. The molecule has 0 saturated heterocycles. The molecule has 9 rings (SSSR count). The normalized spacial score (nSPS) is 55.5. The minimum atomic E-state index is -0.0679. The zero-order chi connectivity index (χ0) is 17.5. The number of ketones is 1. The van der Waals surface area contributed by atoms with E-state index in [0.717, 1.165) is 47.2 Å². The predicted molar refractivity (Wildman–Crippen MR) is 104 cm³/mol. The maximum absolute atomic E-state index is 14.3. The molecular formula is C26H30O. The molecule has 8 atom stereocenters. The molecular weight excluding hydrogens is 328 g/mol. The van der Waals surface area contributed by atoms with Crippen LogP contribution in [0.15, 0.2) is 24.3 Å². The Kier molecular flexibility index (Phi) is 2.50. The van der Waals surface area contributed by atoms with Gasteiger partial charge in [-0.25, -0.2) is 0 Å². The van der Waals surface area contributed by atoms with Crippen LogP contribution >= 0.6 is 0 Å². The van der Waals surface area contributed by atoms with Gasteiger partial charge in [0, 0.05) is 5.92 Å². The average molecular weight is 359 g/mol. The fraction of sp³-hybridized carbons (Fsp3) is 0.731. The van der Waals surface area contributed by atoms with Gasteiger partial charge < -0.3 is 0 Å². The van der Waals surface area contributed by atoms with Gasteiger partial charge in [-0.1, -0.05) is 24.3 Å². The molecule has 6 saturated carbocycles. The van der Waals surface area contributed by atoms with Crippen molar-refractivity contribution in [3.8, 4) is 0 Å². The van der Waals surface area contributed by atoms with E-state index >= 15 is 0 Å². The Balaban J connectivity index is 1.47. The van der Waals surface area contributed by atoms with Crippen LogP contribution < -0.4 is 0 Å². The third-order valence-electron chi connectivity index (χ3n) is 11.0. The van der Waals surface area contributed by atoms with Crippen LogP contribution in [0.25, 0.3) is 0 Å². The molecule has 0 N–H and O–H groups in total. The first-order valence-corrected chi connectivity index (χ1v) is 11.9. The lowest BCUT2D eigenvalue weighted by molar-refractivity contribution is -0.148. The summed E-state index contributed by atoms with van der Waals surface area (Å²) < 4.78 is 0. The van der Waals surface area contributed by atoms with Crippen LogP contribution in [0.4, 0.5) is 0 Å². The van der Waals surface area contributed by atoms with Crippen LogP contribution in [-0.2, 0) is 10.2 Å². The molecule has 1 aromatic rings. The van der Waals surface area contributed by atoms with Crippen LogP contribution in [0.3, 0.4) is 0 Å². The fourth-order valence-electron chi connectivity index (χ4n) is 10.6. The lowest BCUT2D eigenvalue weighted by Gasteiger charge is -2.66. The van der Waals surface area contributed by atoms with Gasteiger partial charge in [0.05, 0.1) is 5.41 Å². The minimum absolute atomic E-state index is 0.0679. The highest BCUT2D eigenvalue weighted by Gasteiger charge is 2.77. The summed E-state index contributed by atoms with van der Waals surface area (Å²) in [5.41, 5.74) is 3.13. The summed E-state index contributed by atoms with van der Waals surface area (Å²) in [4.78, 5) is 14.3. The number of rotatable bonds is 2. The smallest absolute Gasteiger partial charge is 0.147 e. The lowest BCUT2D eigenvalue weighted by atomic mass is 9.36. The number of carbonyl (C=O) groups excluding carboxylic acids is 1. The second-order valence-corrected chi connectivity index (χ2v) is 11.5. The number of carbonyl (C=O) groups is 1. The van der Waals surface area contributed by atoms with Gasteiger partial charge in [0.15, 0.2) is 0 Å². The molecule has 8 aliphatic carbocycles. The van der Waals surface area contributed by atoms with Crippen LogP contribution in [-0.4, -0.2) is 5.78 Å². The van der Waals surface area contributed by atoms with Crippen LogP contribution in [0.1, 0.15) is 68.4 Å². The summed E-state index contributed by atoms with van der Waals surface area (Å²) in [7, 11) is 0. The van der Waals surface area contributed by atoms with Crippen molar-refractivity contribution in [3.05, 3.63) is 35.4 Å². The Morgan fingerprint density at radius 2 is 1.37 bits per heavy atom. The molecule has 6 fully saturated rings. The summed E-state index contributed by atoms with van der Waals surface area (Å²) in [6, 6.07) is 9.41. The molecule has 0 heterocycles. The van der Waals surface area contributed by atoms with Gasteiger partial charge in [-0.3, -0.25) is 4.79 Å². The molecule has 8 unspecified atom stereocenters. The first-order valence-electron chi connectivity index (χ1n) is 11.9. The van der Waals surface area contributed by atoms with Crippen LogP contribution in [0.5, 0.6) is 0 Å². The monoisotopic (exact) mass is 358 g/mol. The Morgan fingerprint density at radius 1 is 0.778 bits per heavy atom. The Morgan fingerprint density at radius 3 is 2.00 bits per heavy atom. The number of fused-ring (bicyclic) bond motifs is 4. The van der Waals surface area contributed by atoms with Crippen molar-refractivity contribution in [1.29, 1.82) is 0 Å². The highest BCUT2D eigenvalue weighted by Crippen LogP contribution is 2.79. The fourth-order valence-corrected chi connectivity index (χ4v) is 10.6. The topological polar surface area (TPSA) is 17.1 Å². The van der Waals surface area contributed by atoms with E-state index in [1.54, 1.807) is 11.1 Å². The largest absolute Gasteiger partial charge is 0.298 e. The van der Waals surface area contributed by atoms with Crippen molar-refractivity contribution >= 4 is 5.78 Å². The Hall–Kier alpha value is -1.11. The average Bonchev–Trinajstić information content (AvgIpc) is 3.08. The van der Waals surface area contributed by atoms with Gasteiger partial charge in [-0.05, 0) is 116 Å². The SMILES string of the molecule is O=C(C1CC1)C12c3ccccc3C(C3C4CCC(C4)C31)C1C3CCC(C3)C12. The molecule has 1 aromatic carbocycles. The van der Waals surface area contributed by atoms with Crippen molar-refractivity contribution in [2.24, 2.45) is 53.3 Å². The van der Waals surface area contributed by atoms with Gasteiger partial charge in [0.1, 0.15) is 5.78 Å². The number of hydrogen-bond donors (Lipinski definition) is 0. The van der Waals surface area contributed by atoms with E-state index in [0.29, 0.717) is 17.8 Å². The third kappa shape index (κ3) is 1.45. The van der Waals surface area contributed by atoms with Crippen molar-refractivity contribution in [2.75, 3.05) is 0 Å². The van der Waals surface area contributed by atoms with E-state index in [1.165, 1.54) is 51.4 Å². The van der Waals surface area contributed by atoms with Crippen molar-refractivity contribution in [1.82, 2.24) is 0 Å². The first-order chi connectivity index (χ1) is 13.3. The summed E-state index contributed by atoms with van der Waals surface area (Å²) in [6.45, 7) is 0. The van der Waals surface area contributed by atoms with Gasteiger partial charge >= 0.3 is 0 Å². The highest BCUT2D eigenvalue weighted by atomic mass is 16.1. The van der Waals surface area contributed by atoms with E-state index in [-0.39, 0.29) is 5.41 Å². The number of Topliss-reactive ketones (excluding diaryl/α,β-unsaturated/α-hetero) is 1. The third-order valence-corrected chi connectivity index (χ3v) is 11.0. The molecule has 0 spiro atoms. The molecule has 6 bridgehead atoms. The zero-order valence-electron chi connectivity index (χ0n) is 16.1. The maximum Gasteiger partial charge on any atom is 0.147 e. The molecule has 0 aromatic heterocycles. The van der Waals surface area contributed by atoms with Gasteiger partial charge in [0.2, 0.25) is 0 Å². The Labute approximate surface area is 162 Å². The van der Waals surface area contributed by atoms with E-state index in [2.05, 4.69) is 24.3 Å². The molecule has 8 aliphatic rings. The summed E-state index contributed by atoms with van der Waals surface area (Å²) in [5.74, 6) is 8.66. The maximum atomic E-state index is 14.3. The molecule has 140 valence electrons. The number of benzene rings is 1. The molecule has 27 heavy (non-hydrogen) atoms. The first kappa shape index (κ1) is 14.8. The van der Waals surface area contributed by atoms with E-state index < -0.39 is 0 Å². The van der Waals surface area contributed by atoms with Crippen LogP contribution in [0, 0.1) is 53.3 Å². The van der Waals surface area contributed by atoms with Gasteiger partial charge in [-0.2, -0.15) is 0 Å². The highest BCUT2D eigenvalue weighted by molar-refractivity contribution is 5.96. The van der Waals surface area contributed by atoms with Crippen molar-refractivity contribution < 1.29 is 4.79 Å². The molecule has 1 nitrogen and oxygen atoms in total. The molecule has 0 radical (unpaired) electrons. The van der Waals surface area contributed by atoms with E-state index in [4.69, 9.17) is 0 Å². The summed E-state index contributed by atoms with van der Waals surface area (Å²) in [6.07, 6.45) is 11.0. The van der Waals surface area contributed by atoms with Gasteiger partial charge in [-0.15, -0.1) is 0 Å². The van der Waals surface area contributed by atoms with Crippen molar-refractivity contribution in [3.63, 3.8) is 0 Å².